The summed E-state index contributed by atoms with van der Waals surface area (Å²) < 4.78 is 37.5. The Kier molecular flexibility index (Phi) is 10.3. The second kappa shape index (κ2) is 13.7. The highest BCUT2D eigenvalue weighted by atomic mass is 32.2. The number of benzene rings is 3. The third-order valence-electron chi connectivity index (χ3n) is 6.12. The number of amides is 2. The van der Waals surface area contributed by atoms with Gasteiger partial charge in [0.2, 0.25) is 21.8 Å². The first-order valence-corrected chi connectivity index (χ1v) is 14.4. The average Bonchev–Trinajstić information content (AvgIpc) is 2.94. The Morgan fingerprint density at radius 1 is 0.923 bits per heavy atom. The van der Waals surface area contributed by atoms with Crippen LogP contribution in [0.3, 0.4) is 0 Å². The van der Waals surface area contributed by atoms with Crippen molar-refractivity contribution in [1.29, 1.82) is 0 Å². The lowest BCUT2D eigenvalue weighted by Gasteiger charge is -2.33. The predicted octanol–water partition coefficient (Wildman–Crippen LogP) is 3.25. The van der Waals surface area contributed by atoms with Crippen LogP contribution in [0.1, 0.15) is 18.1 Å². The molecule has 39 heavy (non-hydrogen) atoms. The monoisotopic (exact) mass is 553 g/mol. The molecule has 3 aromatic carbocycles. The van der Waals surface area contributed by atoms with E-state index in [1.165, 1.54) is 11.9 Å². The summed E-state index contributed by atoms with van der Waals surface area (Å²) in [6.45, 7) is 1.90. The molecule has 1 N–H and O–H groups in total. The highest BCUT2D eigenvalue weighted by Gasteiger charge is 2.32. The van der Waals surface area contributed by atoms with Crippen molar-refractivity contribution in [3.63, 3.8) is 0 Å². The maximum absolute atomic E-state index is 13.9. The molecule has 0 heterocycles. The number of anilines is 1. The van der Waals surface area contributed by atoms with Crippen LogP contribution in [0.2, 0.25) is 0 Å². The maximum Gasteiger partial charge on any atom is 0.244 e. The summed E-state index contributed by atoms with van der Waals surface area (Å²) in [6.07, 6.45) is 1.29. The van der Waals surface area contributed by atoms with E-state index in [0.29, 0.717) is 23.8 Å². The predicted molar refractivity (Wildman–Crippen MR) is 151 cm³/mol. The summed E-state index contributed by atoms with van der Waals surface area (Å²) >= 11 is 0. The van der Waals surface area contributed by atoms with E-state index in [4.69, 9.17) is 9.47 Å². The van der Waals surface area contributed by atoms with Gasteiger partial charge in [0.25, 0.3) is 0 Å². The van der Waals surface area contributed by atoms with Crippen LogP contribution in [0, 0.1) is 0 Å². The number of hydrogen-bond acceptors (Lipinski definition) is 6. The molecular weight excluding hydrogens is 518 g/mol. The van der Waals surface area contributed by atoms with Gasteiger partial charge >= 0.3 is 0 Å². The van der Waals surface area contributed by atoms with Gasteiger partial charge in [0, 0.05) is 20.0 Å². The second-order valence-electron chi connectivity index (χ2n) is 8.89. The molecule has 0 saturated heterocycles. The van der Waals surface area contributed by atoms with E-state index in [2.05, 4.69) is 5.32 Å². The standard InChI is InChI=1S/C29H35N3O6S/c1-5-38-25-16-14-24(15-17-25)32(39(4,35)36)21-28(33)31(20-23-12-9-13-26(18-23)37-3)27(29(34)30-2)19-22-10-7-6-8-11-22/h6-18,27H,5,19-21H2,1-4H3,(H,30,34). The second-order valence-corrected chi connectivity index (χ2v) is 10.8. The van der Waals surface area contributed by atoms with Gasteiger partial charge < -0.3 is 19.7 Å². The normalized spacial score (nSPS) is 11.8. The quantitative estimate of drug-likeness (QED) is 0.349. The first-order valence-electron chi connectivity index (χ1n) is 12.5. The molecule has 9 nitrogen and oxygen atoms in total. The van der Waals surface area contributed by atoms with Gasteiger partial charge in [0.1, 0.15) is 24.1 Å². The number of rotatable bonds is 13. The van der Waals surface area contributed by atoms with E-state index < -0.39 is 28.5 Å². The number of nitrogens with one attached hydrogen (secondary N) is 1. The summed E-state index contributed by atoms with van der Waals surface area (Å²) in [7, 11) is -0.783. The highest BCUT2D eigenvalue weighted by molar-refractivity contribution is 7.92. The summed E-state index contributed by atoms with van der Waals surface area (Å²) in [6, 6.07) is 22.1. The van der Waals surface area contributed by atoms with Crippen molar-refractivity contribution in [1.82, 2.24) is 10.2 Å². The van der Waals surface area contributed by atoms with Crippen LogP contribution in [0.5, 0.6) is 11.5 Å². The van der Waals surface area contributed by atoms with E-state index in [9.17, 15) is 18.0 Å². The topological polar surface area (TPSA) is 105 Å². The average molecular weight is 554 g/mol. The Hall–Kier alpha value is -4.05. The Bertz CT molecular complexity index is 1350. The Morgan fingerprint density at radius 2 is 1.59 bits per heavy atom. The molecule has 0 bridgehead atoms. The van der Waals surface area contributed by atoms with Crippen molar-refractivity contribution >= 4 is 27.5 Å². The molecule has 3 rings (SSSR count). The molecule has 3 aromatic rings. The number of carbonyl (C=O) groups excluding carboxylic acids is 2. The largest absolute Gasteiger partial charge is 0.497 e. The molecule has 0 radical (unpaired) electrons. The molecule has 0 aliphatic carbocycles. The Morgan fingerprint density at radius 3 is 2.18 bits per heavy atom. The lowest BCUT2D eigenvalue weighted by Crippen LogP contribution is -2.52. The fourth-order valence-electron chi connectivity index (χ4n) is 4.18. The van der Waals surface area contributed by atoms with Gasteiger partial charge in [-0.15, -0.1) is 0 Å². The molecular formula is C29H35N3O6S. The van der Waals surface area contributed by atoms with Crippen molar-refractivity contribution in [3.8, 4) is 11.5 Å². The molecule has 0 spiro atoms. The van der Waals surface area contributed by atoms with E-state index in [1.54, 1.807) is 49.6 Å². The molecule has 10 heteroatoms. The van der Waals surface area contributed by atoms with Crippen LogP contribution in [0.4, 0.5) is 5.69 Å². The zero-order chi connectivity index (χ0) is 28.4. The number of nitrogens with zero attached hydrogens (tertiary/aromatic N) is 2. The van der Waals surface area contributed by atoms with Crippen LogP contribution in [-0.4, -0.2) is 64.7 Å². The lowest BCUT2D eigenvalue weighted by molar-refractivity contribution is -0.139. The van der Waals surface area contributed by atoms with Crippen molar-refractivity contribution in [2.75, 3.05) is 37.9 Å². The zero-order valence-corrected chi connectivity index (χ0v) is 23.5. The Labute approximate surface area is 230 Å². The van der Waals surface area contributed by atoms with Crippen molar-refractivity contribution in [2.24, 2.45) is 0 Å². The van der Waals surface area contributed by atoms with E-state index >= 15 is 0 Å². The number of carbonyl (C=O) groups is 2. The third-order valence-corrected chi connectivity index (χ3v) is 7.26. The van der Waals surface area contributed by atoms with Crippen LogP contribution in [0.25, 0.3) is 0 Å². The number of likely N-dealkylation sites (N-methyl/N-ethyl adjacent to an activating group) is 1. The fraction of sp³-hybridized carbons (Fsp3) is 0.310. The molecule has 0 aliphatic rings. The van der Waals surface area contributed by atoms with Gasteiger partial charge in [-0.3, -0.25) is 13.9 Å². The first-order chi connectivity index (χ1) is 18.7. The molecule has 1 unspecified atom stereocenters. The number of hydrogen-bond donors (Lipinski definition) is 1. The van der Waals surface area contributed by atoms with Crippen LogP contribution < -0.4 is 19.1 Å². The summed E-state index contributed by atoms with van der Waals surface area (Å²) in [5.41, 5.74) is 1.91. The SMILES string of the molecule is CCOc1ccc(N(CC(=O)N(Cc2cccc(OC)c2)C(Cc2ccccc2)C(=O)NC)S(C)(=O)=O)cc1. The van der Waals surface area contributed by atoms with Crippen LogP contribution in [-0.2, 0) is 32.6 Å². The minimum Gasteiger partial charge on any atom is -0.497 e. The molecule has 2 amide bonds. The van der Waals surface area contributed by atoms with Gasteiger partial charge in [-0.25, -0.2) is 8.42 Å². The van der Waals surface area contributed by atoms with Crippen molar-refractivity contribution in [3.05, 3.63) is 90.0 Å². The van der Waals surface area contributed by atoms with Crippen LogP contribution >= 0.6 is 0 Å². The number of ether oxygens (including phenoxy) is 2. The summed E-state index contributed by atoms with van der Waals surface area (Å²) in [4.78, 5) is 28.5. The molecule has 1 atom stereocenters. The van der Waals surface area contributed by atoms with Crippen molar-refractivity contribution < 1.29 is 27.5 Å². The summed E-state index contributed by atoms with van der Waals surface area (Å²) in [5, 5.41) is 2.66. The molecule has 0 saturated carbocycles. The molecule has 208 valence electrons. The maximum atomic E-state index is 13.9. The molecule has 0 aliphatic heterocycles. The van der Waals surface area contributed by atoms with E-state index in [0.717, 1.165) is 21.7 Å². The van der Waals surface area contributed by atoms with Crippen molar-refractivity contribution in [2.45, 2.75) is 25.9 Å². The summed E-state index contributed by atoms with van der Waals surface area (Å²) in [5.74, 6) is 0.304. The minimum atomic E-state index is -3.84. The third kappa shape index (κ3) is 8.22. The van der Waals surface area contributed by atoms with E-state index in [1.807, 2.05) is 43.3 Å². The molecule has 0 aromatic heterocycles. The first kappa shape index (κ1) is 29.5. The molecule has 0 fully saturated rings. The van der Waals surface area contributed by atoms with Crippen LogP contribution in [0.15, 0.2) is 78.9 Å². The Balaban J connectivity index is 2.01. The number of sulfonamides is 1. The van der Waals surface area contributed by atoms with Gasteiger partial charge in [0.05, 0.1) is 25.7 Å². The zero-order valence-electron chi connectivity index (χ0n) is 22.7. The fourth-order valence-corrected chi connectivity index (χ4v) is 5.03. The smallest absolute Gasteiger partial charge is 0.244 e. The van der Waals surface area contributed by atoms with Gasteiger partial charge in [-0.2, -0.15) is 0 Å². The van der Waals surface area contributed by atoms with Gasteiger partial charge in [-0.05, 0) is 54.4 Å². The lowest BCUT2D eigenvalue weighted by atomic mass is 10.0. The number of methoxy groups -OCH3 is 1. The van der Waals surface area contributed by atoms with Gasteiger partial charge in [-0.1, -0.05) is 42.5 Å². The highest BCUT2D eigenvalue weighted by Crippen LogP contribution is 2.23. The minimum absolute atomic E-state index is 0.0713. The van der Waals surface area contributed by atoms with Gasteiger partial charge in [0.15, 0.2) is 0 Å². The van der Waals surface area contributed by atoms with E-state index in [-0.39, 0.29) is 18.9 Å².